The van der Waals surface area contributed by atoms with Gasteiger partial charge in [-0.1, -0.05) is 22.0 Å². The van der Waals surface area contributed by atoms with Crippen LogP contribution in [-0.4, -0.2) is 11.7 Å². The fraction of sp³-hybridized carbons (Fsp3) is 0.0500. The number of rotatable bonds is 3. The molecule has 0 amide bonds. The van der Waals surface area contributed by atoms with Crippen molar-refractivity contribution in [1.29, 1.82) is 0 Å². The number of fused-ring (bicyclic) bond motifs is 1. The fourth-order valence-electron chi connectivity index (χ4n) is 2.89. The van der Waals surface area contributed by atoms with Crippen LogP contribution in [0.5, 0.6) is 5.75 Å². The Morgan fingerprint density at radius 2 is 1.64 bits per heavy atom. The number of imidazole rings is 1. The van der Waals surface area contributed by atoms with Crippen molar-refractivity contribution in [2.45, 2.75) is 0 Å². The lowest BCUT2D eigenvalue weighted by atomic mass is 10.1. The molecule has 0 atom stereocenters. The van der Waals surface area contributed by atoms with E-state index in [1.54, 1.807) is 7.11 Å². The van der Waals surface area contributed by atoms with Crippen molar-refractivity contribution in [2.24, 2.45) is 0 Å². The maximum absolute atomic E-state index is 5.27. The Balaban J connectivity index is 0.00000182. The Labute approximate surface area is 165 Å². The second-order valence-corrected chi connectivity index (χ2v) is 6.44. The van der Waals surface area contributed by atoms with Gasteiger partial charge in [0.15, 0.2) is 5.69 Å². The first kappa shape index (κ1) is 17.7. The van der Waals surface area contributed by atoms with E-state index in [1.165, 1.54) is 0 Å². The van der Waals surface area contributed by atoms with E-state index in [1.807, 2.05) is 18.2 Å². The highest BCUT2D eigenvalue weighted by atomic mass is 79.9. The third-order valence-corrected chi connectivity index (χ3v) is 4.60. The molecular formula is C20H16Br2N2O. The third-order valence-electron chi connectivity index (χ3n) is 4.07. The minimum atomic E-state index is 0. The number of methoxy groups -OCH3 is 1. The highest BCUT2D eigenvalue weighted by Gasteiger charge is 2.20. The number of halogens is 2. The minimum Gasteiger partial charge on any atom is -1.00 e. The molecule has 4 rings (SSSR count). The summed E-state index contributed by atoms with van der Waals surface area (Å²) in [6.07, 6.45) is 4.22. The van der Waals surface area contributed by atoms with Gasteiger partial charge in [-0.3, -0.25) is 0 Å². The standard InChI is InChI=1S/C20H16BrN2O.BrH/c1-24-18-11-5-15(6-12-18)19-14-22-13-3-2-4-20(22)23(19)17-9-7-16(21)8-10-17;/h2-14H,1H3;1H/q+1;/p-1. The zero-order valence-corrected chi connectivity index (χ0v) is 16.7. The number of hydrogen-bond acceptors (Lipinski definition) is 1. The quantitative estimate of drug-likeness (QED) is 0.426. The van der Waals surface area contributed by atoms with Gasteiger partial charge in [-0.2, -0.15) is 4.57 Å². The van der Waals surface area contributed by atoms with E-state index in [0.29, 0.717) is 0 Å². The topological polar surface area (TPSA) is 18.3 Å². The molecule has 126 valence electrons. The number of ether oxygens (including phenoxy) is 1. The summed E-state index contributed by atoms with van der Waals surface area (Å²) in [7, 11) is 1.68. The molecular weight excluding hydrogens is 444 g/mol. The van der Waals surface area contributed by atoms with E-state index in [0.717, 1.165) is 32.8 Å². The van der Waals surface area contributed by atoms with Gasteiger partial charge >= 0.3 is 0 Å². The van der Waals surface area contributed by atoms with Crippen LogP contribution < -0.4 is 26.1 Å². The molecule has 2 heterocycles. The van der Waals surface area contributed by atoms with Crippen molar-refractivity contribution < 1.29 is 26.1 Å². The summed E-state index contributed by atoms with van der Waals surface area (Å²) >= 11 is 3.51. The number of aromatic nitrogens is 2. The molecule has 0 aliphatic rings. The molecule has 0 aliphatic carbocycles. The normalized spacial score (nSPS) is 10.5. The molecule has 0 saturated carbocycles. The predicted octanol–water partition coefficient (Wildman–Crippen LogP) is 1.66. The molecule has 0 unspecified atom stereocenters. The fourth-order valence-corrected chi connectivity index (χ4v) is 3.15. The number of nitrogens with zero attached hydrogens (tertiary/aromatic N) is 2. The van der Waals surface area contributed by atoms with E-state index in [9.17, 15) is 0 Å². The van der Waals surface area contributed by atoms with Crippen molar-refractivity contribution in [2.75, 3.05) is 7.11 Å². The van der Waals surface area contributed by atoms with E-state index < -0.39 is 0 Å². The summed E-state index contributed by atoms with van der Waals surface area (Å²) in [5, 5.41) is 0. The summed E-state index contributed by atoms with van der Waals surface area (Å²) < 4.78 is 10.7. The summed E-state index contributed by atoms with van der Waals surface area (Å²) in [5.74, 6) is 0.859. The second kappa shape index (κ2) is 7.42. The lowest BCUT2D eigenvalue weighted by molar-refractivity contribution is -0.510. The summed E-state index contributed by atoms with van der Waals surface area (Å²) in [4.78, 5) is 0. The molecule has 0 bridgehead atoms. The number of pyridine rings is 1. The van der Waals surface area contributed by atoms with Gasteiger partial charge < -0.3 is 21.7 Å². The summed E-state index contributed by atoms with van der Waals surface area (Å²) in [6, 6.07) is 22.7. The lowest BCUT2D eigenvalue weighted by Gasteiger charge is -2.04. The first-order chi connectivity index (χ1) is 11.8. The zero-order valence-electron chi connectivity index (χ0n) is 13.6. The van der Waals surface area contributed by atoms with E-state index in [2.05, 4.69) is 85.8 Å². The predicted molar refractivity (Wildman–Crippen MR) is 98.6 cm³/mol. The van der Waals surface area contributed by atoms with E-state index in [-0.39, 0.29) is 17.0 Å². The largest absolute Gasteiger partial charge is 1.00 e. The maximum Gasteiger partial charge on any atom is 0.291 e. The third kappa shape index (κ3) is 3.34. The Morgan fingerprint density at radius 1 is 0.920 bits per heavy atom. The average molecular weight is 460 g/mol. The number of benzene rings is 2. The Morgan fingerprint density at radius 3 is 2.32 bits per heavy atom. The monoisotopic (exact) mass is 458 g/mol. The van der Waals surface area contributed by atoms with Gasteiger partial charge in [0.1, 0.15) is 17.6 Å². The van der Waals surface area contributed by atoms with Crippen LogP contribution in [0.25, 0.3) is 22.6 Å². The summed E-state index contributed by atoms with van der Waals surface area (Å²) in [6.45, 7) is 0. The molecule has 25 heavy (non-hydrogen) atoms. The van der Waals surface area contributed by atoms with Gasteiger partial charge in [0, 0.05) is 16.1 Å². The molecule has 3 nitrogen and oxygen atoms in total. The highest BCUT2D eigenvalue weighted by Crippen LogP contribution is 2.27. The highest BCUT2D eigenvalue weighted by molar-refractivity contribution is 9.10. The van der Waals surface area contributed by atoms with Gasteiger partial charge in [0.25, 0.3) is 5.65 Å². The number of hydrogen-bond donors (Lipinski definition) is 0. The second-order valence-electron chi connectivity index (χ2n) is 5.52. The van der Waals surface area contributed by atoms with Crippen molar-refractivity contribution in [1.82, 2.24) is 4.57 Å². The zero-order chi connectivity index (χ0) is 16.5. The molecule has 0 N–H and O–H groups in total. The molecule has 4 aromatic rings. The van der Waals surface area contributed by atoms with E-state index in [4.69, 9.17) is 4.74 Å². The van der Waals surface area contributed by atoms with E-state index >= 15 is 0 Å². The smallest absolute Gasteiger partial charge is 0.291 e. The minimum absolute atomic E-state index is 0. The SMILES string of the molecule is COc1ccc(-c2c[n+]3ccccc3n2-c2ccc(Br)cc2)cc1.[Br-]. The van der Waals surface area contributed by atoms with Crippen molar-refractivity contribution in [3.63, 3.8) is 0 Å². The van der Waals surface area contributed by atoms with Gasteiger partial charge in [-0.15, -0.1) is 0 Å². The molecule has 0 fully saturated rings. The molecule has 0 radical (unpaired) electrons. The molecule has 0 aliphatic heterocycles. The van der Waals surface area contributed by atoms with Crippen LogP contribution in [0.15, 0.2) is 83.6 Å². The van der Waals surface area contributed by atoms with Crippen molar-refractivity contribution in [3.05, 3.63) is 83.6 Å². The van der Waals surface area contributed by atoms with Crippen LogP contribution in [0.3, 0.4) is 0 Å². The van der Waals surface area contributed by atoms with Crippen LogP contribution in [0.4, 0.5) is 0 Å². The van der Waals surface area contributed by atoms with Crippen LogP contribution in [0, 0.1) is 0 Å². The van der Waals surface area contributed by atoms with Gasteiger partial charge in [0.2, 0.25) is 0 Å². The molecule has 5 heteroatoms. The Hall–Kier alpha value is -2.11. The average Bonchev–Trinajstić information content (AvgIpc) is 3.02. The van der Waals surface area contributed by atoms with Crippen LogP contribution in [0.2, 0.25) is 0 Å². The van der Waals surface area contributed by atoms with Crippen molar-refractivity contribution in [3.8, 4) is 22.7 Å². The first-order valence-corrected chi connectivity index (χ1v) is 8.48. The van der Waals surface area contributed by atoms with Gasteiger partial charge in [-0.25, -0.2) is 4.40 Å². The molecule has 0 spiro atoms. The van der Waals surface area contributed by atoms with Crippen molar-refractivity contribution >= 4 is 21.6 Å². The van der Waals surface area contributed by atoms with Crippen LogP contribution >= 0.6 is 15.9 Å². The molecule has 2 aromatic carbocycles. The van der Waals surface area contributed by atoms with Crippen LogP contribution in [0.1, 0.15) is 0 Å². The maximum atomic E-state index is 5.27. The lowest BCUT2D eigenvalue weighted by Crippen LogP contribution is -3.00. The Kier molecular flexibility index (Phi) is 5.25. The molecule has 2 aromatic heterocycles. The van der Waals surface area contributed by atoms with Crippen LogP contribution in [-0.2, 0) is 0 Å². The first-order valence-electron chi connectivity index (χ1n) is 7.68. The van der Waals surface area contributed by atoms with Gasteiger partial charge in [-0.05, 0) is 54.6 Å². The Bertz CT molecular complexity index is 993. The molecule has 0 saturated heterocycles. The van der Waals surface area contributed by atoms with Gasteiger partial charge in [0.05, 0.1) is 13.3 Å². The summed E-state index contributed by atoms with van der Waals surface area (Å²) in [5.41, 5.74) is 4.51.